The van der Waals surface area contributed by atoms with Crippen LogP contribution in [-0.2, 0) is 10.0 Å². The lowest BCUT2D eigenvalue weighted by Gasteiger charge is -2.14. The summed E-state index contributed by atoms with van der Waals surface area (Å²) in [5.41, 5.74) is 4.42. The van der Waals surface area contributed by atoms with E-state index >= 15 is 0 Å². The Balaban J connectivity index is 1.74. The lowest BCUT2D eigenvalue weighted by atomic mass is 9.94. The van der Waals surface area contributed by atoms with Crippen molar-refractivity contribution in [2.45, 2.75) is 6.92 Å². The number of hydrogen-bond acceptors (Lipinski definition) is 3. The van der Waals surface area contributed by atoms with Crippen LogP contribution in [-0.4, -0.2) is 24.5 Å². The summed E-state index contributed by atoms with van der Waals surface area (Å²) in [4.78, 5) is 0. The largest absolute Gasteiger partial charge is 0.284 e. The Morgan fingerprint density at radius 2 is 1.39 bits per heavy atom. The number of benzene rings is 4. The summed E-state index contributed by atoms with van der Waals surface area (Å²) >= 11 is 0. The van der Waals surface area contributed by atoms with Crippen LogP contribution in [0.2, 0.25) is 0 Å². The summed E-state index contributed by atoms with van der Waals surface area (Å²) in [5, 5.41) is 9.43. The molecule has 0 radical (unpaired) electrons. The topological polar surface area (TPSA) is 64.0 Å². The number of fused-ring (bicyclic) bond motifs is 2. The molecule has 0 fully saturated rings. The smallest absolute Gasteiger partial charge is 0.229 e. The number of aryl methyl sites for hydroxylation is 1. The van der Waals surface area contributed by atoms with E-state index in [2.05, 4.69) is 65.4 Å². The van der Waals surface area contributed by atoms with Crippen LogP contribution in [0.5, 0.6) is 0 Å². The minimum Gasteiger partial charge on any atom is -0.284 e. The van der Waals surface area contributed by atoms with Crippen molar-refractivity contribution in [2.24, 2.45) is 0 Å². The second-order valence-corrected chi connectivity index (χ2v) is 9.45. The summed E-state index contributed by atoms with van der Waals surface area (Å²) in [6.45, 7) is 1.98. The van der Waals surface area contributed by atoms with Crippen LogP contribution in [0.15, 0.2) is 84.9 Å². The van der Waals surface area contributed by atoms with Crippen molar-refractivity contribution in [1.82, 2.24) is 9.78 Å². The molecule has 0 amide bonds. The van der Waals surface area contributed by atoms with E-state index in [9.17, 15) is 8.42 Å². The molecule has 0 unspecified atom stereocenters. The normalized spacial score (nSPS) is 11.8. The molecule has 0 bridgehead atoms. The Hall–Kier alpha value is -3.64. The summed E-state index contributed by atoms with van der Waals surface area (Å²) in [6, 6.07) is 28.3. The zero-order valence-electron chi connectivity index (χ0n) is 17.2. The van der Waals surface area contributed by atoms with Gasteiger partial charge in [-0.25, -0.2) is 13.1 Å². The molecule has 0 atom stereocenters. The van der Waals surface area contributed by atoms with Crippen LogP contribution in [0.25, 0.3) is 38.5 Å². The van der Waals surface area contributed by atoms with Gasteiger partial charge in [-0.3, -0.25) is 4.72 Å². The van der Waals surface area contributed by atoms with Crippen molar-refractivity contribution < 1.29 is 8.42 Å². The fraction of sp³-hybridized carbons (Fsp3) is 0.0800. The number of rotatable bonds is 4. The Labute approximate surface area is 181 Å². The molecule has 4 aromatic carbocycles. The highest BCUT2D eigenvalue weighted by molar-refractivity contribution is 7.92. The van der Waals surface area contributed by atoms with Gasteiger partial charge in [0.2, 0.25) is 10.0 Å². The zero-order valence-corrected chi connectivity index (χ0v) is 18.0. The third-order valence-electron chi connectivity index (χ3n) is 5.27. The van der Waals surface area contributed by atoms with Crippen molar-refractivity contribution in [3.05, 3.63) is 90.6 Å². The highest BCUT2D eigenvalue weighted by Crippen LogP contribution is 2.37. The van der Waals surface area contributed by atoms with Crippen LogP contribution in [0, 0.1) is 6.92 Å². The fourth-order valence-electron chi connectivity index (χ4n) is 4.05. The summed E-state index contributed by atoms with van der Waals surface area (Å²) < 4.78 is 27.5. The molecule has 0 saturated carbocycles. The molecule has 1 aromatic heterocycles. The maximum Gasteiger partial charge on any atom is 0.229 e. The highest BCUT2D eigenvalue weighted by atomic mass is 32.2. The monoisotopic (exact) mass is 427 g/mol. The summed E-state index contributed by atoms with van der Waals surface area (Å²) in [6.07, 6.45) is 1.14. The fourth-order valence-corrected chi connectivity index (χ4v) is 4.61. The van der Waals surface area contributed by atoms with Crippen molar-refractivity contribution in [3.63, 3.8) is 0 Å². The molecule has 0 aliphatic carbocycles. The third-order valence-corrected chi connectivity index (χ3v) is 5.88. The first-order chi connectivity index (χ1) is 14.9. The van der Waals surface area contributed by atoms with E-state index in [4.69, 9.17) is 5.10 Å². The number of nitrogens with zero attached hydrogens (tertiary/aromatic N) is 2. The van der Waals surface area contributed by atoms with E-state index in [-0.39, 0.29) is 0 Å². The first-order valence-electron chi connectivity index (χ1n) is 9.95. The predicted molar refractivity (Wildman–Crippen MR) is 127 cm³/mol. The SMILES string of the molecule is Cc1cc(-c2c3ccccc3cc3ccccc23)n(-c2ccc(NS(C)(=O)=O)cc2)n1. The second kappa shape index (κ2) is 7.25. The quantitative estimate of drug-likeness (QED) is 0.384. The van der Waals surface area contributed by atoms with Gasteiger partial charge in [0.1, 0.15) is 0 Å². The summed E-state index contributed by atoms with van der Waals surface area (Å²) in [7, 11) is -3.32. The van der Waals surface area contributed by atoms with Crippen molar-refractivity contribution in [2.75, 3.05) is 11.0 Å². The standard InChI is InChI=1S/C25H21N3O2S/c1-17-15-24(28(26-17)21-13-11-20(12-14-21)27-31(2,29)30)25-22-9-5-3-7-18(22)16-19-8-4-6-10-23(19)25/h3-16,27H,1-2H3. The number of aromatic nitrogens is 2. The molecule has 0 saturated heterocycles. The molecule has 31 heavy (non-hydrogen) atoms. The lowest BCUT2D eigenvalue weighted by molar-refractivity contribution is 0.607. The Bertz CT molecular complexity index is 1480. The van der Waals surface area contributed by atoms with E-state index in [1.165, 1.54) is 10.8 Å². The average molecular weight is 428 g/mol. The minimum absolute atomic E-state index is 0.521. The Morgan fingerprint density at radius 1 is 0.806 bits per heavy atom. The van der Waals surface area contributed by atoms with Gasteiger partial charge in [-0.2, -0.15) is 5.10 Å². The van der Waals surface area contributed by atoms with Gasteiger partial charge in [-0.05, 0) is 64.9 Å². The van der Waals surface area contributed by atoms with Crippen molar-refractivity contribution in [3.8, 4) is 16.9 Å². The maximum atomic E-state index is 11.5. The molecule has 5 nitrogen and oxygen atoms in total. The first-order valence-corrected chi connectivity index (χ1v) is 11.8. The van der Waals surface area contributed by atoms with Gasteiger partial charge in [-0.1, -0.05) is 48.5 Å². The van der Waals surface area contributed by atoms with E-state index in [1.807, 2.05) is 23.7 Å². The van der Waals surface area contributed by atoms with Gasteiger partial charge < -0.3 is 0 Å². The third kappa shape index (κ3) is 3.66. The van der Waals surface area contributed by atoms with Crippen LogP contribution < -0.4 is 4.72 Å². The van der Waals surface area contributed by atoms with E-state index in [0.717, 1.165) is 39.7 Å². The predicted octanol–water partition coefficient (Wildman–Crippen LogP) is 5.53. The maximum absolute atomic E-state index is 11.5. The van der Waals surface area contributed by atoms with Gasteiger partial charge >= 0.3 is 0 Å². The highest BCUT2D eigenvalue weighted by Gasteiger charge is 2.16. The number of nitrogens with one attached hydrogen (secondary N) is 1. The van der Waals surface area contributed by atoms with Crippen LogP contribution in [0.3, 0.4) is 0 Å². The Kier molecular flexibility index (Phi) is 4.52. The second-order valence-electron chi connectivity index (χ2n) is 7.70. The van der Waals surface area contributed by atoms with E-state index in [1.54, 1.807) is 12.1 Å². The number of hydrogen-bond donors (Lipinski definition) is 1. The number of anilines is 1. The minimum atomic E-state index is -3.32. The molecule has 1 heterocycles. The van der Waals surface area contributed by atoms with Crippen molar-refractivity contribution in [1.29, 1.82) is 0 Å². The molecule has 6 heteroatoms. The van der Waals surface area contributed by atoms with Crippen LogP contribution >= 0.6 is 0 Å². The van der Waals surface area contributed by atoms with Gasteiger partial charge in [0.05, 0.1) is 23.3 Å². The van der Waals surface area contributed by atoms with E-state index < -0.39 is 10.0 Å². The lowest BCUT2D eigenvalue weighted by Crippen LogP contribution is -2.09. The molecular formula is C25H21N3O2S. The van der Waals surface area contributed by atoms with Crippen LogP contribution in [0.4, 0.5) is 5.69 Å². The number of sulfonamides is 1. The van der Waals surface area contributed by atoms with Gasteiger partial charge in [0, 0.05) is 11.3 Å². The zero-order chi connectivity index (χ0) is 21.6. The molecule has 5 rings (SSSR count). The van der Waals surface area contributed by atoms with Crippen molar-refractivity contribution >= 4 is 37.3 Å². The molecule has 0 aliphatic rings. The molecule has 0 spiro atoms. The van der Waals surface area contributed by atoms with Gasteiger partial charge in [0.15, 0.2) is 0 Å². The van der Waals surface area contributed by atoms with E-state index in [0.29, 0.717) is 5.69 Å². The van der Waals surface area contributed by atoms with Gasteiger partial charge in [-0.15, -0.1) is 0 Å². The van der Waals surface area contributed by atoms with Crippen LogP contribution in [0.1, 0.15) is 5.69 Å². The average Bonchev–Trinajstić information content (AvgIpc) is 3.12. The molecule has 1 N–H and O–H groups in total. The first kappa shape index (κ1) is 19.3. The molecular weight excluding hydrogens is 406 g/mol. The Morgan fingerprint density at radius 3 is 1.97 bits per heavy atom. The molecule has 5 aromatic rings. The summed E-state index contributed by atoms with van der Waals surface area (Å²) in [5.74, 6) is 0. The molecule has 154 valence electrons. The molecule has 0 aliphatic heterocycles. The van der Waals surface area contributed by atoms with Gasteiger partial charge in [0.25, 0.3) is 0 Å².